The number of hydrogen-bond acceptors (Lipinski definition) is 5. The predicted octanol–water partition coefficient (Wildman–Crippen LogP) is 3.37. The molecule has 6 heteroatoms. The van der Waals surface area contributed by atoms with Gasteiger partial charge in [-0.3, -0.25) is 9.59 Å². The lowest BCUT2D eigenvalue weighted by Gasteiger charge is -2.23. The smallest absolute Gasteiger partial charge is 0.341 e. The van der Waals surface area contributed by atoms with Gasteiger partial charge in [-0.2, -0.15) is 0 Å². The number of esters is 1. The van der Waals surface area contributed by atoms with Gasteiger partial charge < -0.3 is 4.74 Å². The van der Waals surface area contributed by atoms with Crippen LogP contribution in [0.2, 0.25) is 0 Å². The first-order valence-corrected chi connectivity index (χ1v) is 9.32. The molecule has 0 saturated heterocycles. The zero-order valence-electron chi connectivity index (χ0n) is 15.8. The Kier molecular flexibility index (Phi) is 4.51. The van der Waals surface area contributed by atoms with E-state index in [1.165, 1.54) is 0 Å². The number of rotatable bonds is 6. The van der Waals surface area contributed by atoms with Crippen LogP contribution in [0.4, 0.5) is 0 Å². The van der Waals surface area contributed by atoms with E-state index in [2.05, 4.69) is 0 Å². The van der Waals surface area contributed by atoms with E-state index < -0.39 is 23.4 Å². The molecule has 0 radical (unpaired) electrons. The van der Waals surface area contributed by atoms with Gasteiger partial charge >= 0.3 is 5.97 Å². The molecule has 1 aliphatic carbocycles. The second-order valence-electron chi connectivity index (χ2n) is 7.55. The van der Waals surface area contributed by atoms with Crippen LogP contribution in [0, 0.1) is 11.8 Å². The van der Waals surface area contributed by atoms with Crippen molar-refractivity contribution in [3.05, 3.63) is 71.3 Å². The predicted molar refractivity (Wildman–Crippen MR) is 99.9 cm³/mol. The molecule has 1 aliphatic heterocycles. The number of benzene rings is 2. The molecule has 2 amide bonds. The highest BCUT2D eigenvalue weighted by atomic mass is 16.7. The van der Waals surface area contributed by atoms with E-state index in [4.69, 9.17) is 9.57 Å². The van der Waals surface area contributed by atoms with E-state index in [0.29, 0.717) is 6.42 Å². The summed E-state index contributed by atoms with van der Waals surface area (Å²) in [6.45, 7) is 4.06. The van der Waals surface area contributed by atoms with E-state index in [1.807, 2.05) is 44.2 Å². The van der Waals surface area contributed by atoms with Gasteiger partial charge in [0.2, 0.25) is 0 Å². The molecule has 0 N–H and O–H groups in total. The van der Waals surface area contributed by atoms with E-state index >= 15 is 0 Å². The summed E-state index contributed by atoms with van der Waals surface area (Å²) in [5.41, 5.74) is 0.105. The first-order valence-electron chi connectivity index (χ1n) is 9.32. The van der Waals surface area contributed by atoms with Gasteiger partial charge in [0, 0.05) is 5.92 Å². The maximum Gasteiger partial charge on any atom is 0.341 e. The average Bonchev–Trinajstić information content (AvgIpc) is 3.41. The Bertz CT molecular complexity index is 904. The highest BCUT2D eigenvalue weighted by Gasteiger charge is 2.67. The molecule has 0 aromatic heterocycles. The number of ether oxygens (including phenoxy) is 1. The molecule has 2 aromatic carbocycles. The van der Waals surface area contributed by atoms with Gasteiger partial charge in [-0.05, 0) is 30.0 Å². The van der Waals surface area contributed by atoms with Crippen LogP contribution < -0.4 is 0 Å². The topological polar surface area (TPSA) is 72.9 Å². The Hall–Kier alpha value is -2.99. The van der Waals surface area contributed by atoms with Gasteiger partial charge in [-0.25, -0.2) is 9.63 Å². The van der Waals surface area contributed by atoms with Gasteiger partial charge in [0.1, 0.15) is 6.61 Å². The summed E-state index contributed by atoms with van der Waals surface area (Å²) in [6, 6.07) is 15.9. The van der Waals surface area contributed by atoms with E-state index in [9.17, 15) is 14.4 Å². The Labute approximate surface area is 163 Å². The fraction of sp³-hybridized carbons (Fsp3) is 0.318. The lowest BCUT2D eigenvalue weighted by Crippen LogP contribution is -2.42. The molecule has 2 aromatic rings. The van der Waals surface area contributed by atoms with E-state index in [-0.39, 0.29) is 29.6 Å². The molecule has 0 bridgehead atoms. The summed E-state index contributed by atoms with van der Waals surface area (Å²) in [7, 11) is 0. The number of fused-ring (bicyclic) bond motifs is 1. The lowest BCUT2D eigenvalue weighted by atomic mass is 10.1. The minimum Gasteiger partial charge on any atom is -0.459 e. The van der Waals surface area contributed by atoms with Crippen LogP contribution in [-0.4, -0.2) is 28.4 Å². The van der Waals surface area contributed by atoms with Crippen molar-refractivity contribution in [3.63, 3.8) is 0 Å². The van der Waals surface area contributed by atoms with Crippen molar-refractivity contribution in [2.24, 2.45) is 11.8 Å². The molecular formula is C22H21NO5. The standard InChI is InChI=1S/C22H21NO5/c1-14(2)18-12-22(18,21(26)27-13-15-8-4-3-5-9-15)28-23-19(24)16-10-6-7-11-17(16)20(23)25/h3-11,14,18H,12-13H2,1-2H3. The Morgan fingerprint density at radius 3 is 2.14 bits per heavy atom. The minimum absolute atomic E-state index is 0.109. The highest BCUT2D eigenvalue weighted by molar-refractivity contribution is 6.20. The van der Waals surface area contributed by atoms with Crippen molar-refractivity contribution in [2.75, 3.05) is 0 Å². The van der Waals surface area contributed by atoms with Gasteiger partial charge in [0.15, 0.2) is 5.60 Å². The molecule has 6 nitrogen and oxygen atoms in total. The molecule has 4 rings (SSSR count). The molecule has 2 unspecified atom stereocenters. The number of imide groups is 1. The minimum atomic E-state index is -1.31. The third kappa shape index (κ3) is 2.99. The first kappa shape index (κ1) is 18.4. The lowest BCUT2D eigenvalue weighted by molar-refractivity contribution is -0.193. The van der Waals surface area contributed by atoms with Crippen molar-refractivity contribution < 1.29 is 24.0 Å². The van der Waals surface area contributed by atoms with Crippen molar-refractivity contribution in [1.29, 1.82) is 0 Å². The third-order valence-electron chi connectivity index (χ3n) is 5.34. The zero-order valence-corrected chi connectivity index (χ0v) is 15.8. The summed E-state index contributed by atoms with van der Waals surface area (Å²) in [4.78, 5) is 43.9. The van der Waals surface area contributed by atoms with Crippen molar-refractivity contribution in [2.45, 2.75) is 32.5 Å². The SMILES string of the molecule is CC(C)C1CC1(ON1C(=O)c2ccccc2C1=O)C(=O)OCc1ccccc1. The highest BCUT2D eigenvalue weighted by Crippen LogP contribution is 2.53. The fourth-order valence-electron chi connectivity index (χ4n) is 3.68. The number of amides is 2. The quantitative estimate of drug-likeness (QED) is 0.568. The molecule has 0 spiro atoms. The monoisotopic (exact) mass is 379 g/mol. The third-order valence-corrected chi connectivity index (χ3v) is 5.34. The number of nitrogens with zero attached hydrogens (tertiary/aromatic N) is 1. The Morgan fingerprint density at radius 1 is 1.04 bits per heavy atom. The number of hydrogen-bond donors (Lipinski definition) is 0. The van der Waals surface area contributed by atoms with Gasteiger partial charge in [0.05, 0.1) is 11.1 Å². The van der Waals surface area contributed by atoms with Gasteiger partial charge in [-0.1, -0.05) is 56.3 Å². The number of carbonyl (C=O) groups is 3. The van der Waals surface area contributed by atoms with Crippen molar-refractivity contribution >= 4 is 17.8 Å². The Balaban J connectivity index is 1.53. The Morgan fingerprint density at radius 2 is 1.61 bits per heavy atom. The van der Waals surface area contributed by atoms with Crippen LogP contribution in [0.15, 0.2) is 54.6 Å². The first-order chi connectivity index (χ1) is 13.4. The number of carbonyl (C=O) groups excluding carboxylic acids is 3. The average molecular weight is 379 g/mol. The molecule has 2 aliphatic rings. The van der Waals surface area contributed by atoms with Crippen molar-refractivity contribution in [1.82, 2.24) is 5.06 Å². The molecule has 1 heterocycles. The summed E-state index contributed by atoms with van der Waals surface area (Å²) in [6.07, 6.45) is 0.408. The molecule has 2 atom stereocenters. The van der Waals surface area contributed by atoms with Crippen LogP contribution in [0.3, 0.4) is 0 Å². The molecule has 1 saturated carbocycles. The van der Waals surface area contributed by atoms with E-state index in [0.717, 1.165) is 10.6 Å². The normalized spacial score (nSPS) is 23.1. The summed E-state index contributed by atoms with van der Waals surface area (Å²) in [5.74, 6) is -1.64. The van der Waals surface area contributed by atoms with Crippen LogP contribution in [0.25, 0.3) is 0 Å². The number of hydroxylamine groups is 2. The maximum absolute atomic E-state index is 12.9. The second kappa shape index (κ2) is 6.87. The van der Waals surface area contributed by atoms with Crippen LogP contribution >= 0.6 is 0 Å². The summed E-state index contributed by atoms with van der Waals surface area (Å²) in [5, 5.41) is 0.719. The van der Waals surface area contributed by atoms with Crippen LogP contribution in [0.1, 0.15) is 46.5 Å². The molecule has 1 fully saturated rings. The van der Waals surface area contributed by atoms with Crippen molar-refractivity contribution in [3.8, 4) is 0 Å². The van der Waals surface area contributed by atoms with Crippen LogP contribution in [0.5, 0.6) is 0 Å². The second-order valence-corrected chi connectivity index (χ2v) is 7.55. The molecule has 144 valence electrons. The summed E-state index contributed by atoms with van der Waals surface area (Å²) >= 11 is 0. The summed E-state index contributed by atoms with van der Waals surface area (Å²) < 4.78 is 5.48. The van der Waals surface area contributed by atoms with Crippen LogP contribution in [-0.2, 0) is 21.0 Å². The van der Waals surface area contributed by atoms with Gasteiger partial charge in [0.25, 0.3) is 11.8 Å². The molecular weight excluding hydrogens is 358 g/mol. The maximum atomic E-state index is 12.9. The van der Waals surface area contributed by atoms with Gasteiger partial charge in [-0.15, -0.1) is 5.06 Å². The fourth-order valence-corrected chi connectivity index (χ4v) is 3.68. The zero-order chi connectivity index (χ0) is 19.9. The molecule has 28 heavy (non-hydrogen) atoms. The van der Waals surface area contributed by atoms with E-state index in [1.54, 1.807) is 24.3 Å². The largest absolute Gasteiger partial charge is 0.459 e.